The van der Waals surface area contributed by atoms with Gasteiger partial charge in [0, 0.05) is 5.56 Å². The maximum Gasteiger partial charge on any atom is 0.150 e. The molecule has 0 aliphatic heterocycles. The van der Waals surface area contributed by atoms with Crippen molar-refractivity contribution in [2.45, 2.75) is 0 Å². The van der Waals surface area contributed by atoms with Gasteiger partial charge < -0.3 is 0 Å². The summed E-state index contributed by atoms with van der Waals surface area (Å²) >= 11 is 11.3. The van der Waals surface area contributed by atoms with Gasteiger partial charge in [0.1, 0.15) is 5.82 Å². The van der Waals surface area contributed by atoms with Crippen LogP contribution in [-0.2, 0) is 0 Å². The van der Waals surface area contributed by atoms with Crippen LogP contribution in [0.1, 0.15) is 5.56 Å². The van der Waals surface area contributed by atoms with Crippen LogP contribution in [0.4, 0.5) is 4.39 Å². The first-order valence-electron chi connectivity index (χ1n) is 3.59. The minimum absolute atomic E-state index is 0.0631. The minimum Gasteiger partial charge on any atom is -0.205 e. The molecule has 0 atom stereocenters. The average molecular weight is 217 g/mol. The number of hydrogen-bond acceptors (Lipinski definition) is 0. The number of benzene rings is 1. The van der Waals surface area contributed by atoms with Gasteiger partial charge in [-0.2, -0.15) is 0 Å². The quantitative estimate of drug-likeness (QED) is 0.510. The molecular weight excluding hydrogens is 210 g/mol. The van der Waals surface area contributed by atoms with Gasteiger partial charge in [0.05, 0.1) is 10.0 Å². The smallest absolute Gasteiger partial charge is 0.150 e. The normalized spacial score (nSPS) is 10.7. The standard InChI is InChI=1S/C10H7Cl2F/c1-2-3-4-7-8(11)5-6-9(12)10(7)13/h2-6H,1H2/b4-3+. The summed E-state index contributed by atoms with van der Waals surface area (Å²) in [6, 6.07) is 2.97. The molecule has 0 aliphatic carbocycles. The monoisotopic (exact) mass is 216 g/mol. The van der Waals surface area contributed by atoms with E-state index in [1.54, 1.807) is 12.1 Å². The van der Waals surface area contributed by atoms with Crippen LogP contribution in [0.2, 0.25) is 10.0 Å². The van der Waals surface area contributed by atoms with Crippen LogP contribution in [-0.4, -0.2) is 0 Å². The lowest BCUT2D eigenvalue weighted by Crippen LogP contribution is -1.84. The van der Waals surface area contributed by atoms with Crippen molar-refractivity contribution >= 4 is 29.3 Å². The third kappa shape index (κ3) is 2.33. The fourth-order valence-corrected chi connectivity index (χ4v) is 1.23. The maximum absolute atomic E-state index is 13.3. The summed E-state index contributed by atoms with van der Waals surface area (Å²) in [6.45, 7) is 3.47. The van der Waals surface area contributed by atoms with Gasteiger partial charge in [-0.05, 0) is 12.1 Å². The van der Waals surface area contributed by atoms with Crippen LogP contribution in [0, 0.1) is 5.82 Å². The molecule has 0 unspecified atom stereocenters. The number of halogens is 3. The summed E-state index contributed by atoms with van der Waals surface area (Å²) in [5.74, 6) is -0.507. The second-order valence-corrected chi connectivity index (χ2v) is 3.17. The molecule has 68 valence electrons. The third-order valence-corrected chi connectivity index (χ3v) is 2.10. The summed E-state index contributed by atoms with van der Waals surface area (Å²) in [5, 5.41) is 0.396. The van der Waals surface area contributed by atoms with Crippen LogP contribution >= 0.6 is 23.2 Å². The third-order valence-electron chi connectivity index (χ3n) is 1.48. The Morgan fingerprint density at radius 2 is 1.85 bits per heavy atom. The predicted molar refractivity (Wildman–Crippen MR) is 55.7 cm³/mol. The molecule has 0 nitrogen and oxygen atoms in total. The summed E-state index contributed by atoms with van der Waals surface area (Å²) in [7, 11) is 0. The Bertz CT molecular complexity index is 356. The zero-order valence-corrected chi connectivity index (χ0v) is 8.24. The van der Waals surface area contributed by atoms with Crippen molar-refractivity contribution in [2.75, 3.05) is 0 Å². The Morgan fingerprint density at radius 1 is 1.23 bits per heavy atom. The summed E-state index contributed by atoms with van der Waals surface area (Å²) < 4.78 is 13.3. The molecule has 1 aromatic rings. The molecular formula is C10H7Cl2F. The SMILES string of the molecule is C=C/C=C/c1c(Cl)ccc(Cl)c1F. The topological polar surface area (TPSA) is 0 Å². The van der Waals surface area contributed by atoms with Gasteiger partial charge in [0.25, 0.3) is 0 Å². The second kappa shape index (κ2) is 4.45. The molecule has 0 amide bonds. The fraction of sp³-hybridized carbons (Fsp3) is 0. The van der Waals surface area contributed by atoms with E-state index < -0.39 is 5.82 Å². The van der Waals surface area contributed by atoms with E-state index in [2.05, 4.69) is 6.58 Å². The molecule has 0 heterocycles. The van der Waals surface area contributed by atoms with Crippen molar-refractivity contribution in [3.8, 4) is 0 Å². The first kappa shape index (κ1) is 10.3. The highest BCUT2D eigenvalue weighted by Gasteiger charge is 2.07. The summed E-state index contributed by atoms with van der Waals surface area (Å²) in [5.41, 5.74) is 0.286. The highest BCUT2D eigenvalue weighted by atomic mass is 35.5. The zero-order valence-electron chi connectivity index (χ0n) is 6.73. The van der Waals surface area contributed by atoms with Crippen molar-refractivity contribution in [1.29, 1.82) is 0 Å². The van der Waals surface area contributed by atoms with E-state index in [0.29, 0.717) is 5.02 Å². The first-order valence-corrected chi connectivity index (χ1v) is 4.35. The lowest BCUT2D eigenvalue weighted by Gasteiger charge is -2.01. The maximum atomic E-state index is 13.3. The van der Waals surface area contributed by atoms with Crippen molar-refractivity contribution in [1.82, 2.24) is 0 Å². The van der Waals surface area contributed by atoms with E-state index >= 15 is 0 Å². The van der Waals surface area contributed by atoms with Gasteiger partial charge in [-0.15, -0.1) is 0 Å². The number of rotatable bonds is 2. The van der Waals surface area contributed by atoms with Crippen LogP contribution in [0.15, 0.2) is 30.9 Å². The van der Waals surface area contributed by atoms with Crippen LogP contribution < -0.4 is 0 Å². The molecule has 1 rings (SSSR count). The highest BCUT2D eigenvalue weighted by molar-refractivity contribution is 6.34. The average Bonchev–Trinajstić information content (AvgIpc) is 2.12. The van der Waals surface area contributed by atoms with E-state index in [1.807, 2.05) is 0 Å². The molecule has 0 aliphatic rings. The molecule has 0 fully saturated rings. The zero-order chi connectivity index (χ0) is 9.84. The van der Waals surface area contributed by atoms with Crippen molar-refractivity contribution < 1.29 is 4.39 Å². The molecule has 1 aromatic carbocycles. The molecule has 0 saturated carbocycles. The summed E-state index contributed by atoms with van der Waals surface area (Å²) in [6.07, 6.45) is 4.66. The van der Waals surface area contributed by atoms with E-state index in [-0.39, 0.29) is 10.6 Å². The fourth-order valence-electron chi connectivity index (χ4n) is 0.860. The molecule has 0 N–H and O–H groups in total. The van der Waals surface area contributed by atoms with E-state index in [1.165, 1.54) is 18.2 Å². The van der Waals surface area contributed by atoms with Gasteiger partial charge in [-0.3, -0.25) is 0 Å². The predicted octanol–water partition coefficient (Wildman–Crippen LogP) is 4.33. The second-order valence-electron chi connectivity index (χ2n) is 2.35. The Kier molecular flexibility index (Phi) is 3.52. The van der Waals surface area contributed by atoms with E-state index in [9.17, 15) is 4.39 Å². The van der Waals surface area contributed by atoms with Crippen molar-refractivity contribution in [3.05, 3.63) is 52.3 Å². The van der Waals surface area contributed by atoms with E-state index in [4.69, 9.17) is 23.2 Å². The van der Waals surface area contributed by atoms with Crippen molar-refractivity contribution in [3.63, 3.8) is 0 Å². The Labute approximate surface area is 86.3 Å². The molecule has 0 spiro atoms. The Balaban J connectivity index is 3.25. The van der Waals surface area contributed by atoms with Crippen LogP contribution in [0.5, 0.6) is 0 Å². The molecule has 0 bridgehead atoms. The van der Waals surface area contributed by atoms with Crippen molar-refractivity contribution in [2.24, 2.45) is 0 Å². The molecule has 13 heavy (non-hydrogen) atoms. The lowest BCUT2D eigenvalue weighted by atomic mass is 10.2. The first-order chi connectivity index (χ1) is 6.16. The van der Waals surface area contributed by atoms with Gasteiger partial charge in [-0.25, -0.2) is 4.39 Å². The molecule has 0 aromatic heterocycles. The van der Waals surface area contributed by atoms with Gasteiger partial charge in [0.15, 0.2) is 0 Å². The van der Waals surface area contributed by atoms with Crippen LogP contribution in [0.25, 0.3) is 6.08 Å². The Hall–Kier alpha value is -0.790. The minimum atomic E-state index is -0.507. The van der Waals surface area contributed by atoms with Gasteiger partial charge >= 0.3 is 0 Å². The number of hydrogen-bond donors (Lipinski definition) is 0. The number of allylic oxidation sites excluding steroid dienone is 2. The largest absolute Gasteiger partial charge is 0.205 e. The lowest BCUT2D eigenvalue weighted by molar-refractivity contribution is 0.625. The molecule has 3 heteroatoms. The molecule has 0 saturated heterocycles. The summed E-state index contributed by atoms with van der Waals surface area (Å²) in [4.78, 5) is 0. The molecule has 0 radical (unpaired) electrons. The van der Waals surface area contributed by atoms with Gasteiger partial charge in [0.2, 0.25) is 0 Å². The van der Waals surface area contributed by atoms with Gasteiger partial charge in [-0.1, -0.05) is 48.0 Å². The Morgan fingerprint density at radius 3 is 2.46 bits per heavy atom. The highest BCUT2D eigenvalue weighted by Crippen LogP contribution is 2.26. The van der Waals surface area contributed by atoms with Crippen LogP contribution in [0.3, 0.4) is 0 Å². The van der Waals surface area contributed by atoms with E-state index in [0.717, 1.165) is 0 Å².